The van der Waals surface area contributed by atoms with E-state index in [1.54, 1.807) is 0 Å². The molecule has 0 amide bonds. The van der Waals surface area contributed by atoms with Crippen LogP contribution in [-0.4, -0.2) is 21.0 Å². The molecule has 21 heavy (non-hydrogen) atoms. The van der Waals surface area contributed by atoms with E-state index in [4.69, 9.17) is 9.84 Å². The first-order valence-electron chi connectivity index (χ1n) is 5.38. The number of rotatable bonds is 4. The van der Waals surface area contributed by atoms with Crippen molar-refractivity contribution in [1.29, 1.82) is 0 Å². The summed E-state index contributed by atoms with van der Waals surface area (Å²) >= 11 is 3.14. The molecule has 0 radical (unpaired) electrons. The SMILES string of the molecule is O=C(O)c1cc(Oc2cncc(Br)c2)c(F)cc1[N+](=O)[O-]. The molecule has 0 atom stereocenters. The number of nitro benzene ring substituents is 1. The van der Waals surface area contributed by atoms with Crippen molar-refractivity contribution in [2.24, 2.45) is 0 Å². The van der Waals surface area contributed by atoms with E-state index >= 15 is 0 Å². The lowest BCUT2D eigenvalue weighted by molar-refractivity contribution is -0.385. The van der Waals surface area contributed by atoms with Crippen LogP contribution in [0.3, 0.4) is 0 Å². The molecule has 2 aromatic rings. The number of halogens is 2. The van der Waals surface area contributed by atoms with Crippen molar-refractivity contribution in [2.75, 3.05) is 0 Å². The number of benzene rings is 1. The van der Waals surface area contributed by atoms with Gasteiger partial charge in [0.1, 0.15) is 11.3 Å². The van der Waals surface area contributed by atoms with Gasteiger partial charge in [-0.25, -0.2) is 9.18 Å². The summed E-state index contributed by atoms with van der Waals surface area (Å²) in [7, 11) is 0. The smallest absolute Gasteiger partial charge is 0.342 e. The fourth-order valence-corrected chi connectivity index (χ4v) is 1.86. The van der Waals surface area contributed by atoms with Gasteiger partial charge in [-0.1, -0.05) is 0 Å². The second kappa shape index (κ2) is 5.83. The van der Waals surface area contributed by atoms with E-state index in [1.807, 2.05) is 0 Å². The van der Waals surface area contributed by atoms with Gasteiger partial charge in [-0.2, -0.15) is 0 Å². The molecule has 0 unspecified atom stereocenters. The molecule has 0 aliphatic rings. The zero-order chi connectivity index (χ0) is 15.6. The molecule has 0 bridgehead atoms. The predicted molar refractivity (Wildman–Crippen MR) is 72.0 cm³/mol. The Morgan fingerprint density at radius 2 is 2.10 bits per heavy atom. The van der Waals surface area contributed by atoms with E-state index in [2.05, 4.69) is 20.9 Å². The van der Waals surface area contributed by atoms with Gasteiger partial charge in [0.25, 0.3) is 5.69 Å². The van der Waals surface area contributed by atoms with Crippen molar-refractivity contribution in [3.63, 3.8) is 0 Å². The Bertz CT molecular complexity index is 738. The number of carbonyl (C=O) groups is 1. The van der Waals surface area contributed by atoms with E-state index in [9.17, 15) is 19.3 Å². The topological polar surface area (TPSA) is 103 Å². The number of hydrogen-bond acceptors (Lipinski definition) is 5. The average molecular weight is 357 g/mol. The number of nitrogens with zero attached hydrogens (tertiary/aromatic N) is 2. The zero-order valence-electron chi connectivity index (χ0n) is 10.1. The molecule has 0 spiro atoms. The van der Waals surface area contributed by atoms with Crippen molar-refractivity contribution in [3.05, 3.63) is 56.6 Å². The fraction of sp³-hybridized carbons (Fsp3) is 0. The van der Waals surface area contributed by atoms with Crippen molar-refractivity contribution in [1.82, 2.24) is 4.98 Å². The molecule has 7 nitrogen and oxygen atoms in total. The van der Waals surface area contributed by atoms with Gasteiger partial charge in [0, 0.05) is 16.7 Å². The molecular formula is C12H6BrFN2O5. The highest BCUT2D eigenvalue weighted by Crippen LogP contribution is 2.31. The van der Waals surface area contributed by atoms with E-state index < -0.39 is 33.7 Å². The number of aromatic carboxylic acids is 1. The highest BCUT2D eigenvalue weighted by molar-refractivity contribution is 9.10. The van der Waals surface area contributed by atoms with E-state index in [1.165, 1.54) is 18.5 Å². The predicted octanol–water partition coefficient (Wildman–Crippen LogP) is 3.38. The van der Waals surface area contributed by atoms with Crippen molar-refractivity contribution in [2.45, 2.75) is 0 Å². The Kier molecular flexibility index (Phi) is 4.13. The van der Waals surface area contributed by atoms with Crippen LogP contribution in [0.4, 0.5) is 10.1 Å². The maximum absolute atomic E-state index is 13.8. The molecule has 1 N–H and O–H groups in total. The highest BCUT2D eigenvalue weighted by Gasteiger charge is 2.24. The molecule has 0 saturated heterocycles. The standard InChI is InChI=1S/C12H6BrFN2O5/c13-6-1-7(5-15-4-6)21-11-2-8(12(17)18)10(16(19)20)3-9(11)14/h1-5H,(H,17,18). The van der Waals surface area contributed by atoms with Crippen LogP contribution in [0.5, 0.6) is 11.5 Å². The minimum atomic E-state index is -1.56. The molecule has 1 heterocycles. The molecule has 0 fully saturated rings. The normalized spacial score (nSPS) is 10.2. The van der Waals surface area contributed by atoms with Gasteiger partial charge in [0.05, 0.1) is 17.2 Å². The Balaban J connectivity index is 2.47. The van der Waals surface area contributed by atoms with Crippen LogP contribution < -0.4 is 4.74 Å². The lowest BCUT2D eigenvalue weighted by atomic mass is 10.1. The van der Waals surface area contributed by atoms with E-state index in [0.717, 1.165) is 6.07 Å². The summed E-state index contributed by atoms with van der Waals surface area (Å²) in [5.74, 6) is -2.91. The number of nitro groups is 1. The number of carboxylic acids is 1. The fourth-order valence-electron chi connectivity index (χ4n) is 1.52. The summed E-state index contributed by atoms with van der Waals surface area (Å²) in [6.07, 6.45) is 2.76. The van der Waals surface area contributed by atoms with Crippen LogP contribution in [0.2, 0.25) is 0 Å². The molecule has 1 aromatic heterocycles. The van der Waals surface area contributed by atoms with Crippen LogP contribution in [0, 0.1) is 15.9 Å². The monoisotopic (exact) mass is 356 g/mol. The third-order valence-electron chi connectivity index (χ3n) is 2.38. The maximum Gasteiger partial charge on any atom is 0.342 e. The Hall–Kier alpha value is -2.55. The summed E-state index contributed by atoms with van der Waals surface area (Å²) < 4.78 is 19.5. The van der Waals surface area contributed by atoms with Gasteiger partial charge in [-0.05, 0) is 22.0 Å². The minimum Gasteiger partial charge on any atom is -0.477 e. The van der Waals surface area contributed by atoms with Gasteiger partial charge in [-0.3, -0.25) is 15.1 Å². The summed E-state index contributed by atoms with van der Waals surface area (Å²) in [6.45, 7) is 0. The Labute approximate surface area is 125 Å². The van der Waals surface area contributed by atoms with Crippen molar-refractivity contribution >= 4 is 27.6 Å². The van der Waals surface area contributed by atoms with Crippen molar-refractivity contribution in [3.8, 4) is 11.5 Å². The quantitative estimate of drug-likeness (QED) is 0.665. The summed E-state index contributed by atoms with van der Waals surface area (Å²) in [5, 5.41) is 19.6. The third kappa shape index (κ3) is 3.31. The van der Waals surface area contributed by atoms with Crippen molar-refractivity contribution < 1.29 is 24.0 Å². The molecule has 108 valence electrons. The molecular weight excluding hydrogens is 351 g/mol. The third-order valence-corrected chi connectivity index (χ3v) is 2.82. The van der Waals surface area contributed by atoms with E-state index in [-0.39, 0.29) is 5.75 Å². The van der Waals surface area contributed by atoms with E-state index in [0.29, 0.717) is 10.5 Å². The summed E-state index contributed by atoms with van der Waals surface area (Å²) in [4.78, 5) is 24.5. The second-order valence-electron chi connectivity index (χ2n) is 3.80. The maximum atomic E-state index is 13.8. The van der Waals surface area contributed by atoms with Gasteiger partial charge in [0.15, 0.2) is 11.6 Å². The van der Waals surface area contributed by atoms with Gasteiger partial charge in [0.2, 0.25) is 0 Å². The molecule has 0 aliphatic carbocycles. The number of aromatic nitrogens is 1. The number of ether oxygens (including phenoxy) is 1. The highest BCUT2D eigenvalue weighted by atomic mass is 79.9. The lowest BCUT2D eigenvalue weighted by Gasteiger charge is -2.08. The van der Waals surface area contributed by atoms with Gasteiger partial charge >= 0.3 is 5.97 Å². The van der Waals surface area contributed by atoms with Crippen LogP contribution in [0.25, 0.3) is 0 Å². The van der Waals surface area contributed by atoms with Crippen LogP contribution in [0.15, 0.2) is 35.1 Å². The first-order valence-corrected chi connectivity index (χ1v) is 6.17. The number of hydrogen-bond donors (Lipinski definition) is 1. The molecule has 9 heteroatoms. The second-order valence-corrected chi connectivity index (χ2v) is 4.72. The molecule has 2 rings (SSSR count). The van der Waals surface area contributed by atoms with Crippen LogP contribution in [-0.2, 0) is 0 Å². The summed E-state index contributed by atoms with van der Waals surface area (Å²) in [6, 6.07) is 2.75. The zero-order valence-corrected chi connectivity index (χ0v) is 11.7. The molecule has 1 aromatic carbocycles. The number of pyridine rings is 1. The minimum absolute atomic E-state index is 0.147. The first-order chi connectivity index (χ1) is 9.88. The van der Waals surface area contributed by atoms with Gasteiger partial charge in [-0.15, -0.1) is 0 Å². The largest absolute Gasteiger partial charge is 0.477 e. The Morgan fingerprint density at radius 3 is 2.67 bits per heavy atom. The Morgan fingerprint density at radius 1 is 1.38 bits per heavy atom. The molecule has 0 aliphatic heterocycles. The van der Waals surface area contributed by atoms with Crippen LogP contribution >= 0.6 is 15.9 Å². The average Bonchev–Trinajstić information content (AvgIpc) is 2.40. The molecule has 0 saturated carbocycles. The summed E-state index contributed by atoms with van der Waals surface area (Å²) in [5.41, 5.74) is -1.51. The van der Waals surface area contributed by atoms with Crippen LogP contribution in [0.1, 0.15) is 10.4 Å². The number of carboxylic acid groups (broad SMARTS) is 1. The lowest BCUT2D eigenvalue weighted by Crippen LogP contribution is -2.04. The van der Waals surface area contributed by atoms with Gasteiger partial charge < -0.3 is 9.84 Å². The first kappa shape index (κ1) is 14.9.